The summed E-state index contributed by atoms with van der Waals surface area (Å²) in [5.74, 6) is 0.516. The Balaban J connectivity index is 2.05. The van der Waals surface area contributed by atoms with Gasteiger partial charge in [-0.25, -0.2) is 0 Å². The van der Waals surface area contributed by atoms with Crippen molar-refractivity contribution in [3.05, 3.63) is 71.9 Å². The SMILES string of the molecule is CC(C)(C)C(=O)C(C#N)=CNc1cccc(OCc2ccccc2)c1. The number of carbonyl (C=O) groups excluding carboxylic acids is 1. The van der Waals surface area contributed by atoms with Gasteiger partial charge in [0.1, 0.15) is 24.0 Å². The molecule has 0 aliphatic carbocycles. The average molecular weight is 334 g/mol. The molecule has 4 heteroatoms. The number of rotatable bonds is 6. The molecule has 0 saturated heterocycles. The Bertz CT molecular complexity index is 797. The molecule has 128 valence electrons. The van der Waals surface area contributed by atoms with Gasteiger partial charge in [0, 0.05) is 23.4 Å². The second-order valence-electron chi connectivity index (χ2n) is 6.70. The van der Waals surface area contributed by atoms with Gasteiger partial charge >= 0.3 is 0 Å². The van der Waals surface area contributed by atoms with E-state index in [1.807, 2.05) is 60.7 Å². The third kappa shape index (κ3) is 5.50. The predicted octanol–water partition coefficient (Wildman–Crippen LogP) is 4.70. The smallest absolute Gasteiger partial charge is 0.180 e. The molecule has 0 saturated carbocycles. The van der Waals surface area contributed by atoms with E-state index < -0.39 is 5.41 Å². The van der Waals surface area contributed by atoms with Gasteiger partial charge in [-0.3, -0.25) is 4.79 Å². The van der Waals surface area contributed by atoms with Gasteiger partial charge in [0.15, 0.2) is 5.78 Å². The molecule has 2 aromatic carbocycles. The molecule has 0 amide bonds. The van der Waals surface area contributed by atoms with Gasteiger partial charge in [-0.05, 0) is 17.7 Å². The Kier molecular flexibility index (Phi) is 5.97. The third-order valence-electron chi connectivity index (χ3n) is 3.51. The van der Waals surface area contributed by atoms with Crippen molar-refractivity contribution in [1.82, 2.24) is 0 Å². The van der Waals surface area contributed by atoms with Crippen LogP contribution in [-0.4, -0.2) is 5.78 Å². The summed E-state index contributed by atoms with van der Waals surface area (Å²) in [6.45, 7) is 5.85. The zero-order valence-corrected chi connectivity index (χ0v) is 14.7. The van der Waals surface area contributed by atoms with E-state index in [0.29, 0.717) is 12.4 Å². The van der Waals surface area contributed by atoms with Crippen LogP contribution in [0.25, 0.3) is 0 Å². The second-order valence-corrected chi connectivity index (χ2v) is 6.70. The first kappa shape index (κ1) is 18.3. The maximum Gasteiger partial charge on any atom is 0.180 e. The molecule has 0 heterocycles. The summed E-state index contributed by atoms with van der Waals surface area (Å²) in [6, 6.07) is 19.3. The van der Waals surface area contributed by atoms with Crippen LogP contribution in [0.1, 0.15) is 26.3 Å². The highest BCUT2D eigenvalue weighted by molar-refractivity contribution is 6.02. The van der Waals surface area contributed by atoms with Crippen LogP contribution in [0.15, 0.2) is 66.4 Å². The first-order valence-corrected chi connectivity index (χ1v) is 8.08. The van der Waals surface area contributed by atoms with E-state index in [1.165, 1.54) is 6.20 Å². The van der Waals surface area contributed by atoms with Crippen LogP contribution < -0.4 is 10.1 Å². The lowest BCUT2D eigenvalue weighted by Gasteiger charge is -2.15. The molecule has 0 bridgehead atoms. The van der Waals surface area contributed by atoms with E-state index in [9.17, 15) is 10.1 Å². The number of hydrogen-bond donors (Lipinski definition) is 1. The lowest BCUT2D eigenvalue weighted by Crippen LogP contribution is -2.22. The molecule has 2 aromatic rings. The number of Topliss-reactive ketones (excluding diaryl/α,β-unsaturated/α-hetero) is 1. The Labute approximate surface area is 148 Å². The number of nitrogens with one attached hydrogen (secondary N) is 1. The maximum atomic E-state index is 12.2. The van der Waals surface area contributed by atoms with Crippen molar-refractivity contribution in [3.8, 4) is 11.8 Å². The number of nitriles is 1. The normalized spacial score (nSPS) is 11.5. The molecule has 0 atom stereocenters. The van der Waals surface area contributed by atoms with Crippen LogP contribution in [0, 0.1) is 16.7 Å². The molecule has 4 nitrogen and oxygen atoms in total. The van der Waals surface area contributed by atoms with Gasteiger partial charge in [0.2, 0.25) is 0 Å². The Morgan fingerprint density at radius 3 is 2.52 bits per heavy atom. The molecule has 0 radical (unpaired) electrons. The Hall–Kier alpha value is -3.06. The minimum absolute atomic E-state index is 0.100. The summed E-state index contributed by atoms with van der Waals surface area (Å²) in [5, 5.41) is 12.2. The van der Waals surface area contributed by atoms with Crippen LogP contribution in [0.2, 0.25) is 0 Å². The van der Waals surface area contributed by atoms with E-state index in [4.69, 9.17) is 4.74 Å². The highest BCUT2D eigenvalue weighted by atomic mass is 16.5. The Morgan fingerprint density at radius 1 is 1.16 bits per heavy atom. The van der Waals surface area contributed by atoms with E-state index in [-0.39, 0.29) is 11.4 Å². The number of hydrogen-bond acceptors (Lipinski definition) is 4. The van der Waals surface area contributed by atoms with Crippen LogP contribution in [0.3, 0.4) is 0 Å². The fourth-order valence-corrected chi connectivity index (χ4v) is 2.12. The molecule has 0 spiro atoms. The molecule has 2 rings (SSSR count). The summed E-state index contributed by atoms with van der Waals surface area (Å²) >= 11 is 0. The zero-order valence-electron chi connectivity index (χ0n) is 14.7. The van der Waals surface area contributed by atoms with Crippen molar-refractivity contribution in [2.24, 2.45) is 5.41 Å². The molecule has 1 N–H and O–H groups in total. The van der Waals surface area contributed by atoms with Crippen molar-refractivity contribution in [2.45, 2.75) is 27.4 Å². The van der Waals surface area contributed by atoms with E-state index in [1.54, 1.807) is 20.8 Å². The fraction of sp³-hybridized carbons (Fsp3) is 0.238. The van der Waals surface area contributed by atoms with Gasteiger partial charge in [0.05, 0.1) is 0 Å². The monoisotopic (exact) mass is 334 g/mol. The standard InChI is InChI=1S/C21H22N2O2/c1-21(2,3)20(24)17(13-22)14-23-18-10-7-11-19(12-18)25-15-16-8-5-4-6-9-16/h4-12,14,23H,15H2,1-3H3. The molecule has 0 aliphatic heterocycles. The first-order chi connectivity index (χ1) is 11.9. The average Bonchev–Trinajstić information content (AvgIpc) is 2.61. The maximum absolute atomic E-state index is 12.2. The number of benzene rings is 2. The first-order valence-electron chi connectivity index (χ1n) is 8.08. The summed E-state index contributed by atoms with van der Waals surface area (Å²) in [6.07, 6.45) is 1.45. The lowest BCUT2D eigenvalue weighted by atomic mass is 9.87. The van der Waals surface area contributed by atoms with Crippen LogP contribution in [-0.2, 0) is 11.4 Å². The van der Waals surface area contributed by atoms with Crippen molar-refractivity contribution in [3.63, 3.8) is 0 Å². The van der Waals surface area contributed by atoms with Crippen LogP contribution in [0.5, 0.6) is 5.75 Å². The van der Waals surface area contributed by atoms with Crippen molar-refractivity contribution < 1.29 is 9.53 Å². The van der Waals surface area contributed by atoms with E-state index >= 15 is 0 Å². The number of anilines is 1. The Morgan fingerprint density at radius 2 is 1.88 bits per heavy atom. The largest absolute Gasteiger partial charge is 0.489 e. The fourth-order valence-electron chi connectivity index (χ4n) is 2.12. The number of nitrogens with zero attached hydrogens (tertiary/aromatic N) is 1. The summed E-state index contributed by atoms with van der Waals surface area (Å²) in [4.78, 5) is 12.2. The van der Waals surface area contributed by atoms with Crippen LogP contribution in [0.4, 0.5) is 5.69 Å². The van der Waals surface area contributed by atoms with Crippen LogP contribution >= 0.6 is 0 Å². The predicted molar refractivity (Wildman–Crippen MR) is 99.0 cm³/mol. The van der Waals surface area contributed by atoms with Crippen molar-refractivity contribution >= 4 is 11.5 Å². The van der Waals surface area contributed by atoms with Gasteiger partial charge in [-0.2, -0.15) is 5.26 Å². The lowest BCUT2D eigenvalue weighted by molar-refractivity contribution is -0.122. The van der Waals surface area contributed by atoms with Gasteiger partial charge in [-0.15, -0.1) is 0 Å². The molecule has 25 heavy (non-hydrogen) atoms. The highest BCUT2D eigenvalue weighted by Crippen LogP contribution is 2.21. The van der Waals surface area contributed by atoms with E-state index in [0.717, 1.165) is 11.3 Å². The van der Waals surface area contributed by atoms with Gasteiger partial charge < -0.3 is 10.1 Å². The molecular weight excluding hydrogens is 312 g/mol. The summed E-state index contributed by atoms with van der Waals surface area (Å²) in [5.41, 5.74) is 1.34. The minimum atomic E-state index is -0.593. The van der Waals surface area contributed by atoms with E-state index in [2.05, 4.69) is 5.32 Å². The molecule has 0 aliphatic rings. The second kappa shape index (κ2) is 8.16. The number of ketones is 1. The zero-order chi connectivity index (χ0) is 18.3. The van der Waals surface area contributed by atoms with Gasteiger partial charge in [0.25, 0.3) is 0 Å². The topological polar surface area (TPSA) is 62.1 Å². The van der Waals surface area contributed by atoms with Crippen molar-refractivity contribution in [1.29, 1.82) is 5.26 Å². The molecular formula is C21H22N2O2. The highest BCUT2D eigenvalue weighted by Gasteiger charge is 2.24. The third-order valence-corrected chi connectivity index (χ3v) is 3.51. The summed E-state index contributed by atoms with van der Waals surface area (Å²) < 4.78 is 5.77. The number of allylic oxidation sites excluding steroid dienone is 1. The molecule has 0 aromatic heterocycles. The molecule has 0 unspecified atom stereocenters. The number of ether oxygens (including phenoxy) is 1. The quantitative estimate of drug-likeness (QED) is 0.614. The summed E-state index contributed by atoms with van der Waals surface area (Å²) in [7, 11) is 0. The molecule has 0 fully saturated rings. The van der Waals surface area contributed by atoms with Crippen molar-refractivity contribution in [2.75, 3.05) is 5.32 Å². The minimum Gasteiger partial charge on any atom is -0.489 e. The number of carbonyl (C=O) groups is 1. The van der Waals surface area contributed by atoms with Gasteiger partial charge in [-0.1, -0.05) is 57.2 Å².